The van der Waals surface area contributed by atoms with Crippen molar-refractivity contribution in [2.45, 2.75) is 32.4 Å². The number of nitrogens with one attached hydrogen (secondary N) is 1. The van der Waals surface area contributed by atoms with Crippen molar-refractivity contribution in [1.29, 1.82) is 0 Å². The zero-order chi connectivity index (χ0) is 16.2. The first-order chi connectivity index (χ1) is 11.1. The van der Waals surface area contributed by atoms with E-state index in [0.717, 1.165) is 43.0 Å². The SMILES string of the molecule is Cc1cc(NC2CCN(Cc3ccnn(C)c3=O)CC2)ncn1. The van der Waals surface area contributed by atoms with Crippen molar-refractivity contribution < 1.29 is 0 Å². The van der Waals surface area contributed by atoms with E-state index in [-0.39, 0.29) is 5.56 Å². The average molecular weight is 314 g/mol. The average Bonchev–Trinajstić information content (AvgIpc) is 2.54. The predicted octanol–water partition coefficient (Wildman–Crippen LogP) is 0.955. The van der Waals surface area contributed by atoms with E-state index in [0.29, 0.717) is 12.6 Å². The van der Waals surface area contributed by atoms with Gasteiger partial charge in [-0.05, 0) is 25.8 Å². The fourth-order valence-corrected chi connectivity index (χ4v) is 2.89. The molecule has 0 atom stereocenters. The summed E-state index contributed by atoms with van der Waals surface area (Å²) in [5.41, 5.74) is 1.76. The molecule has 122 valence electrons. The Balaban J connectivity index is 1.54. The van der Waals surface area contributed by atoms with Crippen LogP contribution in [0.15, 0.2) is 29.5 Å². The van der Waals surface area contributed by atoms with Crippen molar-refractivity contribution >= 4 is 5.82 Å². The van der Waals surface area contributed by atoms with Gasteiger partial charge in [-0.1, -0.05) is 0 Å². The Morgan fingerprint density at radius 1 is 1.30 bits per heavy atom. The summed E-state index contributed by atoms with van der Waals surface area (Å²) in [6.45, 7) is 4.58. The zero-order valence-corrected chi connectivity index (χ0v) is 13.6. The van der Waals surface area contributed by atoms with E-state index >= 15 is 0 Å². The fourth-order valence-electron chi connectivity index (χ4n) is 2.89. The molecule has 0 spiro atoms. The molecule has 2 aromatic rings. The van der Waals surface area contributed by atoms with Gasteiger partial charge in [-0.25, -0.2) is 14.6 Å². The van der Waals surface area contributed by atoms with Crippen molar-refractivity contribution in [2.75, 3.05) is 18.4 Å². The van der Waals surface area contributed by atoms with Gasteiger partial charge < -0.3 is 5.32 Å². The highest BCUT2D eigenvalue weighted by Gasteiger charge is 2.20. The Hall–Kier alpha value is -2.28. The van der Waals surface area contributed by atoms with Crippen molar-refractivity contribution in [1.82, 2.24) is 24.6 Å². The summed E-state index contributed by atoms with van der Waals surface area (Å²) < 4.78 is 1.39. The van der Waals surface area contributed by atoms with E-state index in [1.165, 1.54) is 4.68 Å². The number of aryl methyl sites for hydroxylation is 2. The lowest BCUT2D eigenvalue weighted by Gasteiger charge is -2.32. The predicted molar refractivity (Wildman–Crippen MR) is 88.2 cm³/mol. The topological polar surface area (TPSA) is 75.9 Å². The molecule has 1 saturated heterocycles. The second kappa shape index (κ2) is 6.87. The minimum absolute atomic E-state index is 0.00999. The van der Waals surface area contributed by atoms with E-state index in [2.05, 4.69) is 25.3 Å². The Morgan fingerprint density at radius 3 is 2.83 bits per heavy atom. The highest BCUT2D eigenvalue weighted by atomic mass is 16.1. The van der Waals surface area contributed by atoms with E-state index in [1.54, 1.807) is 19.6 Å². The molecule has 0 aliphatic carbocycles. The number of rotatable bonds is 4. The molecule has 23 heavy (non-hydrogen) atoms. The second-order valence-corrected chi connectivity index (χ2v) is 6.02. The fraction of sp³-hybridized carbons (Fsp3) is 0.500. The maximum absolute atomic E-state index is 12.0. The van der Waals surface area contributed by atoms with Crippen LogP contribution in [0, 0.1) is 6.92 Å². The summed E-state index contributed by atoms with van der Waals surface area (Å²) in [5, 5.41) is 7.43. The summed E-state index contributed by atoms with van der Waals surface area (Å²) >= 11 is 0. The second-order valence-electron chi connectivity index (χ2n) is 6.02. The molecule has 1 aliphatic rings. The van der Waals surface area contributed by atoms with Crippen LogP contribution >= 0.6 is 0 Å². The number of piperidine rings is 1. The van der Waals surface area contributed by atoms with Gasteiger partial charge in [-0.3, -0.25) is 9.69 Å². The maximum atomic E-state index is 12.0. The molecule has 3 rings (SSSR count). The highest BCUT2D eigenvalue weighted by molar-refractivity contribution is 5.35. The molecule has 0 bridgehead atoms. The normalized spacial score (nSPS) is 16.4. The molecule has 0 saturated carbocycles. The molecule has 7 nitrogen and oxygen atoms in total. The molecule has 1 fully saturated rings. The Labute approximate surface area is 135 Å². The first-order valence-electron chi connectivity index (χ1n) is 7.90. The zero-order valence-electron chi connectivity index (χ0n) is 13.6. The monoisotopic (exact) mass is 314 g/mol. The van der Waals surface area contributed by atoms with Crippen LogP contribution in [0.4, 0.5) is 5.82 Å². The molecule has 3 heterocycles. The van der Waals surface area contributed by atoms with Crippen LogP contribution in [-0.4, -0.2) is 43.8 Å². The van der Waals surface area contributed by atoms with Crippen LogP contribution in [0.5, 0.6) is 0 Å². The smallest absolute Gasteiger partial charge is 0.270 e. The van der Waals surface area contributed by atoms with Gasteiger partial charge in [0.1, 0.15) is 12.1 Å². The van der Waals surface area contributed by atoms with Crippen molar-refractivity contribution in [3.8, 4) is 0 Å². The standard InChI is InChI=1S/C16H22N6O/c1-12-9-15(18-11-17-12)20-14-4-7-22(8-5-14)10-13-3-6-19-21(2)16(13)23/h3,6,9,11,14H,4-5,7-8,10H2,1-2H3,(H,17,18,20). The molecule has 0 aromatic carbocycles. The number of hydrogen-bond acceptors (Lipinski definition) is 6. The van der Waals surface area contributed by atoms with E-state index < -0.39 is 0 Å². The van der Waals surface area contributed by atoms with Gasteiger partial charge in [-0.2, -0.15) is 5.10 Å². The summed E-state index contributed by atoms with van der Waals surface area (Å²) in [6.07, 6.45) is 5.34. The van der Waals surface area contributed by atoms with Crippen LogP contribution in [0.1, 0.15) is 24.1 Å². The number of nitrogens with zero attached hydrogens (tertiary/aromatic N) is 5. The van der Waals surface area contributed by atoms with Crippen LogP contribution in [0.25, 0.3) is 0 Å². The van der Waals surface area contributed by atoms with Gasteiger partial charge in [0.15, 0.2) is 0 Å². The van der Waals surface area contributed by atoms with Gasteiger partial charge in [0, 0.05) is 56.2 Å². The molecule has 2 aromatic heterocycles. The Kier molecular flexibility index (Phi) is 4.66. The van der Waals surface area contributed by atoms with Crippen LogP contribution in [-0.2, 0) is 13.6 Å². The van der Waals surface area contributed by atoms with Gasteiger partial charge >= 0.3 is 0 Å². The van der Waals surface area contributed by atoms with Gasteiger partial charge in [-0.15, -0.1) is 0 Å². The molecule has 7 heteroatoms. The van der Waals surface area contributed by atoms with E-state index in [9.17, 15) is 4.79 Å². The highest BCUT2D eigenvalue weighted by Crippen LogP contribution is 2.16. The minimum atomic E-state index is -0.00999. The van der Waals surface area contributed by atoms with Crippen molar-refractivity contribution in [3.63, 3.8) is 0 Å². The molecule has 1 N–H and O–H groups in total. The number of aromatic nitrogens is 4. The van der Waals surface area contributed by atoms with Crippen molar-refractivity contribution in [3.05, 3.63) is 46.3 Å². The van der Waals surface area contributed by atoms with Crippen LogP contribution in [0.2, 0.25) is 0 Å². The first kappa shape index (κ1) is 15.6. The summed E-state index contributed by atoms with van der Waals surface area (Å²) in [6, 6.07) is 4.20. The molecule has 1 aliphatic heterocycles. The number of likely N-dealkylation sites (tertiary alicyclic amines) is 1. The quantitative estimate of drug-likeness (QED) is 0.906. The number of hydrogen-bond donors (Lipinski definition) is 1. The third-order valence-corrected chi connectivity index (χ3v) is 4.22. The summed E-state index contributed by atoms with van der Waals surface area (Å²) in [4.78, 5) is 22.7. The lowest BCUT2D eigenvalue weighted by Crippen LogP contribution is -2.40. The third-order valence-electron chi connectivity index (χ3n) is 4.22. The first-order valence-corrected chi connectivity index (χ1v) is 7.90. The molecule has 0 amide bonds. The summed E-state index contributed by atoms with van der Waals surface area (Å²) in [5.74, 6) is 0.888. The third kappa shape index (κ3) is 3.92. The van der Waals surface area contributed by atoms with Gasteiger partial charge in [0.2, 0.25) is 0 Å². The Morgan fingerprint density at radius 2 is 2.09 bits per heavy atom. The van der Waals surface area contributed by atoms with E-state index in [1.807, 2.05) is 19.1 Å². The minimum Gasteiger partial charge on any atom is -0.367 e. The van der Waals surface area contributed by atoms with Crippen LogP contribution in [0.3, 0.4) is 0 Å². The lowest BCUT2D eigenvalue weighted by atomic mass is 10.0. The maximum Gasteiger partial charge on any atom is 0.270 e. The largest absolute Gasteiger partial charge is 0.367 e. The van der Waals surface area contributed by atoms with E-state index in [4.69, 9.17) is 0 Å². The van der Waals surface area contributed by atoms with Gasteiger partial charge in [0.05, 0.1) is 0 Å². The molecular formula is C16H22N6O. The summed E-state index contributed by atoms with van der Waals surface area (Å²) in [7, 11) is 1.69. The molecule has 0 unspecified atom stereocenters. The van der Waals surface area contributed by atoms with Crippen molar-refractivity contribution in [2.24, 2.45) is 7.05 Å². The van der Waals surface area contributed by atoms with Gasteiger partial charge in [0.25, 0.3) is 5.56 Å². The van der Waals surface area contributed by atoms with Crippen LogP contribution < -0.4 is 10.9 Å². The number of anilines is 1. The molecule has 0 radical (unpaired) electrons. The molecular weight excluding hydrogens is 292 g/mol. The lowest BCUT2D eigenvalue weighted by molar-refractivity contribution is 0.210. The Bertz CT molecular complexity index is 721.